The third-order valence-electron chi connectivity index (χ3n) is 4.51. The molecule has 0 spiro atoms. The van der Waals surface area contributed by atoms with Gasteiger partial charge in [0.15, 0.2) is 0 Å². The SMILES string of the molecule is CC(C)n1ncc2c1NC(=O)C[C@@H]2c1cn[nH]c1-c1ccc(F)cc1. The van der Waals surface area contributed by atoms with Crippen molar-refractivity contribution in [2.75, 3.05) is 5.32 Å². The Kier molecular flexibility index (Phi) is 3.63. The lowest BCUT2D eigenvalue weighted by Gasteiger charge is -2.24. The third-order valence-corrected chi connectivity index (χ3v) is 4.51. The highest BCUT2D eigenvalue weighted by molar-refractivity contribution is 5.94. The van der Waals surface area contributed by atoms with Gasteiger partial charge in [0.25, 0.3) is 0 Å². The second kappa shape index (κ2) is 5.84. The van der Waals surface area contributed by atoms with Crippen LogP contribution in [-0.2, 0) is 4.79 Å². The fourth-order valence-electron chi connectivity index (χ4n) is 3.31. The van der Waals surface area contributed by atoms with E-state index in [4.69, 9.17) is 0 Å². The van der Waals surface area contributed by atoms with Crippen molar-refractivity contribution in [2.45, 2.75) is 32.2 Å². The number of H-pyrrole nitrogens is 1. The summed E-state index contributed by atoms with van der Waals surface area (Å²) >= 11 is 0. The van der Waals surface area contributed by atoms with Gasteiger partial charge in [-0.1, -0.05) is 0 Å². The van der Waals surface area contributed by atoms with E-state index in [1.54, 1.807) is 24.5 Å². The van der Waals surface area contributed by atoms with E-state index in [9.17, 15) is 9.18 Å². The zero-order valence-electron chi connectivity index (χ0n) is 14.0. The monoisotopic (exact) mass is 339 g/mol. The standard InChI is InChI=1S/C18H18FN5O/c1-10(2)24-18-15(9-21-24)13(7-16(25)22-18)14-8-20-23-17(14)11-3-5-12(19)6-4-11/h3-6,8-10,13H,7H2,1-2H3,(H,20,23)(H,22,25)/t13-/m1/s1. The maximum absolute atomic E-state index is 13.2. The minimum absolute atomic E-state index is 0.0499. The molecular weight excluding hydrogens is 321 g/mol. The average Bonchev–Trinajstić information content (AvgIpc) is 3.21. The first-order valence-corrected chi connectivity index (χ1v) is 8.21. The molecule has 0 unspecified atom stereocenters. The lowest BCUT2D eigenvalue weighted by Crippen LogP contribution is -2.25. The van der Waals surface area contributed by atoms with Gasteiger partial charge in [0.2, 0.25) is 5.91 Å². The Morgan fingerprint density at radius 3 is 2.68 bits per heavy atom. The van der Waals surface area contributed by atoms with E-state index >= 15 is 0 Å². The minimum Gasteiger partial charge on any atom is -0.311 e. The molecule has 0 saturated heterocycles. The van der Waals surface area contributed by atoms with Crippen LogP contribution in [0.15, 0.2) is 36.7 Å². The van der Waals surface area contributed by atoms with E-state index in [-0.39, 0.29) is 23.7 Å². The van der Waals surface area contributed by atoms with E-state index < -0.39 is 0 Å². The summed E-state index contributed by atoms with van der Waals surface area (Å²) in [7, 11) is 0. The van der Waals surface area contributed by atoms with E-state index in [1.807, 2.05) is 18.5 Å². The molecule has 0 saturated carbocycles. The smallest absolute Gasteiger partial charge is 0.226 e. The zero-order chi connectivity index (χ0) is 17.6. The second-order valence-corrected chi connectivity index (χ2v) is 6.50. The summed E-state index contributed by atoms with van der Waals surface area (Å²) in [6.07, 6.45) is 3.86. The van der Waals surface area contributed by atoms with Gasteiger partial charge in [-0.2, -0.15) is 10.2 Å². The summed E-state index contributed by atoms with van der Waals surface area (Å²) in [5, 5.41) is 14.5. The number of rotatable bonds is 3. The van der Waals surface area contributed by atoms with Gasteiger partial charge >= 0.3 is 0 Å². The van der Waals surface area contributed by atoms with Crippen LogP contribution in [0.25, 0.3) is 11.3 Å². The van der Waals surface area contributed by atoms with Gasteiger partial charge < -0.3 is 5.32 Å². The summed E-state index contributed by atoms with van der Waals surface area (Å²) in [6.45, 7) is 4.04. The molecule has 1 aromatic carbocycles. The summed E-state index contributed by atoms with van der Waals surface area (Å²) in [6, 6.07) is 6.37. The van der Waals surface area contributed by atoms with Crippen LogP contribution in [0.2, 0.25) is 0 Å². The topological polar surface area (TPSA) is 75.6 Å². The highest BCUT2D eigenvalue weighted by Gasteiger charge is 2.32. The summed E-state index contributed by atoms with van der Waals surface area (Å²) < 4.78 is 15.0. The predicted molar refractivity (Wildman–Crippen MR) is 91.7 cm³/mol. The van der Waals surface area contributed by atoms with E-state index in [0.717, 1.165) is 28.2 Å². The van der Waals surface area contributed by atoms with Crippen LogP contribution in [-0.4, -0.2) is 25.9 Å². The second-order valence-electron chi connectivity index (χ2n) is 6.50. The van der Waals surface area contributed by atoms with Gasteiger partial charge in [-0.25, -0.2) is 9.07 Å². The molecule has 128 valence electrons. The number of fused-ring (bicyclic) bond motifs is 1. The van der Waals surface area contributed by atoms with Crippen molar-refractivity contribution in [1.82, 2.24) is 20.0 Å². The first-order valence-electron chi connectivity index (χ1n) is 8.21. The average molecular weight is 339 g/mol. The highest BCUT2D eigenvalue weighted by atomic mass is 19.1. The number of aromatic nitrogens is 4. The van der Waals surface area contributed by atoms with Crippen LogP contribution in [0.5, 0.6) is 0 Å². The van der Waals surface area contributed by atoms with Crippen LogP contribution < -0.4 is 5.32 Å². The molecule has 1 atom stereocenters. The number of nitrogens with one attached hydrogen (secondary N) is 2. The molecule has 1 aliphatic rings. The third kappa shape index (κ3) is 2.61. The summed E-state index contributed by atoms with van der Waals surface area (Å²) in [5.74, 6) is 0.256. The molecule has 25 heavy (non-hydrogen) atoms. The van der Waals surface area contributed by atoms with Crippen molar-refractivity contribution in [1.29, 1.82) is 0 Å². The van der Waals surface area contributed by atoms with E-state index in [1.165, 1.54) is 12.1 Å². The molecule has 0 bridgehead atoms. The molecule has 2 aromatic heterocycles. The molecule has 3 aromatic rings. The van der Waals surface area contributed by atoms with Gasteiger partial charge in [-0.05, 0) is 38.1 Å². The molecule has 0 radical (unpaired) electrons. The van der Waals surface area contributed by atoms with Crippen LogP contribution in [0, 0.1) is 5.82 Å². The van der Waals surface area contributed by atoms with Crippen molar-refractivity contribution >= 4 is 11.7 Å². The Bertz CT molecular complexity index is 925. The molecule has 0 fully saturated rings. The Labute approximate surface area is 144 Å². The Hall–Kier alpha value is -2.96. The Morgan fingerprint density at radius 2 is 1.96 bits per heavy atom. The van der Waals surface area contributed by atoms with Crippen LogP contribution in [0.1, 0.15) is 43.4 Å². The summed E-state index contributed by atoms with van der Waals surface area (Å²) in [4.78, 5) is 12.3. The van der Waals surface area contributed by atoms with Gasteiger partial charge in [-0.15, -0.1) is 0 Å². The lowest BCUT2D eigenvalue weighted by atomic mass is 9.86. The maximum Gasteiger partial charge on any atom is 0.226 e. The number of anilines is 1. The number of nitrogens with zero attached hydrogens (tertiary/aromatic N) is 3. The molecule has 6 nitrogen and oxygen atoms in total. The van der Waals surface area contributed by atoms with Crippen molar-refractivity contribution in [3.63, 3.8) is 0 Å². The summed E-state index contributed by atoms with van der Waals surface area (Å²) in [5.41, 5.74) is 3.50. The molecular formula is C18H18FN5O. The first-order chi connectivity index (χ1) is 12.0. The Balaban J connectivity index is 1.81. The number of hydrogen-bond donors (Lipinski definition) is 2. The minimum atomic E-state index is -0.289. The van der Waals surface area contributed by atoms with Crippen LogP contribution >= 0.6 is 0 Å². The largest absolute Gasteiger partial charge is 0.311 e. The zero-order valence-corrected chi connectivity index (χ0v) is 14.0. The molecule has 2 N–H and O–H groups in total. The maximum atomic E-state index is 13.2. The molecule has 0 aliphatic carbocycles. The number of aromatic amines is 1. The van der Waals surface area contributed by atoms with Crippen molar-refractivity contribution in [2.24, 2.45) is 0 Å². The Morgan fingerprint density at radius 1 is 1.20 bits per heavy atom. The van der Waals surface area contributed by atoms with Gasteiger partial charge in [0.05, 0.1) is 18.1 Å². The number of amides is 1. The quantitative estimate of drug-likeness (QED) is 0.767. The van der Waals surface area contributed by atoms with E-state index in [2.05, 4.69) is 20.6 Å². The number of hydrogen-bond acceptors (Lipinski definition) is 3. The van der Waals surface area contributed by atoms with Gasteiger partial charge in [0, 0.05) is 35.1 Å². The first kappa shape index (κ1) is 15.6. The fourth-order valence-corrected chi connectivity index (χ4v) is 3.31. The lowest BCUT2D eigenvalue weighted by molar-refractivity contribution is -0.116. The van der Waals surface area contributed by atoms with Gasteiger partial charge in [-0.3, -0.25) is 9.89 Å². The normalized spacial score (nSPS) is 16.8. The van der Waals surface area contributed by atoms with Crippen molar-refractivity contribution < 1.29 is 9.18 Å². The molecule has 7 heteroatoms. The van der Waals surface area contributed by atoms with Gasteiger partial charge in [0.1, 0.15) is 11.6 Å². The molecule has 3 heterocycles. The number of carbonyl (C=O) groups excluding carboxylic acids is 1. The molecule has 4 rings (SSSR count). The van der Waals surface area contributed by atoms with Crippen LogP contribution in [0.3, 0.4) is 0 Å². The molecule has 1 amide bonds. The highest BCUT2D eigenvalue weighted by Crippen LogP contribution is 2.40. The number of benzene rings is 1. The fraction of sp³-hybridized carbons (Fsp3) is 0.278. The number of carbonyl (C=O) groups is 1. The van der Waals surface area contributed by atoms with E-state index in [0.29, 0.717) is 6.42 Å². The van der Waals surface area contributed by atoms with Crippen LogP contribution in [0.4, 0.5) is 10.2 Å². The number of halogens is 1. The van der Waals surface area contributed by atoms with Crippen molar-refractivity contribution in [3.8, 4) is 11.3 Å². The van der Waals surface area contributed by atoms with Crippen molar-refractivity contribution in [3.05, 3.63) is 53.6 Å². The molecule has 1 aliphatic heterocycles. The predicted octanol–water partition coefficient (Wildman–Crippen LogP) is 3.47.